The summed E-state index contributed by atoms with van der Waals surface area (Å²) in [5.41, 5.74) is 5.74. The van der Waals surface area contributed by atoms with E-state index in [-0.39, 0.29) is 17.9 Å². The van der Waals surface area contributed by atoms with Crippen molar-refractivity contribution in [2.45, 2.75) is 38.8 Å². The fraction of sp³-hybridized carbons (Fsp3) is 0.818. The summed E-state index contributed by atoms with van der Waals surface area (Å²) in [6.45, 7) is 4.73. The van der Waals surface area contributed by atoms with Crippen LogP contribution in [0.25, 0.3) is 0 Å². The molecular formula is C11H21N3O2. The predicted molar refractivity (Wildman–Crippen MR) is 61.6 cm³/mol. The lowest BCUT2D eigenvalue weighted by atomic mass is 10.0. The second-order valence-electron chi connectivity index (χ2n) is 4.85. The maximum absolute atomic E-state index is 11.7. The standard InChI is InChI=1S/C11H21N3O2/c1-7(2)6-8(12)10(15)13-9-4-5-14(3)11(9)16/h7-9H,4-6,12H2,1-3H3,(H,13,15)/t8-,9?/m1/s1. The average molecular weight is 227 g/mol. The summed E-state index contributed by atoms with van der Waals surface area (Å²) in [6, 6.07) is -0.894. The van der Waals surface area contributed by atoms with E-state index in [4.69, 9.17) is 5.73 Å². The van der Waals surface area contributed by atoms with E-state index in [0.29, 0.717) is 25.3 Å². The van der Waals surface area contributed by atoms with Crippen molar-refractivity contribution in [3.8, 4) is 0 Å². The third-order valence-corrected chi connectivity index (χ3v) is 2.81. The van der Waals surface area contributed by atoms with Gasteiger partial charge in [-0.1, -0.05) is 13.8 Å². The van der Waals surface area contributed by atoms with E-state index in [2.05, 4.69) is 5.32 Å². The summed E-state index contributed by atoms with van der Waals surface area (Å²) in [5.74, 6) is 0.134. The molecule has 1 aliphatic rings. The van der Waals surface area contributed by atoms with Gasteiger partial charge >= 0.3 is 0 Å². The van der Waals surface area contributed by atoms with Gasteiger partial charge in [-0.15, -0.1) is 0 Å². The lowest BCUT2D eigenvalue weighted by Crippen LogP contribution is -2.48. The van der Waals surface area contributed by atoms with Crippen molar-refractivity contribution in [3.63, 3.8) is 0 Å². The summed E-state index contributed by atoms with van der Waals surface area (Å²) in [6.07, 6.45) is 1.32. The molecule has 5 nitrogen and oxygen atoms in total. The lowest BCUT2D eigenvalue weighted by molar-refractivity contribution is -0.132. The van der Waals surface area contributed by atoms with Gasteiger partial charge in [0.05, 0.1) is 6.04 Å². The predicted octanol–water partition coefficient (Wildman–Crippen LogP) is -0.293. The van der Waals surface area contributed by atoms with Gasteiger partial charge in [0.25, 0.3) is 0 Å². The van der Waals surface area contributed by atoms with E-state index < -0.39 is 6.04 Å². The second kappa shape index (κ2) is 5.30. The molecule has 1 fully saturated rings. The van der Waals surface area contributed by atoms with E-state index in [1.165, 1.54) is 0 Å². The van der Waals surface area contributed by atoms with Crippen molar-refractivity contribution in [3.05, 3.63) is 0 Å². The summed E-state index contributed by atoms with van der Waals surface area (Å²) < 4.78 is 0. The van der Waals surface area contributed by atoms with Gasteiger partial charge in [0.15, 0.2) is 0 Å². The largest absolute Gasteiger partial charge is 0.344 e. The monoisotopic (exact) mass is 227 g/mol. The average Bonchev–Trinajstić information content (AvgIpc) is 2.48. The maximum atomic E-state index is 11.7. The summed E-state index contributed by atoms with van der Waals surface area (Å²) in [4.78, 5) is 24.9. The van der Waals surface area contributed by atoms with Crippen LogP contribution in [0.2, 0.25) is 0 Å². The van der Waals surface area contributed by atoms with Crippen molar-refractivity contribution < 1.29 is 9.59 Å². The molecule has 1 heterocycles. The molecule has 0 aromatic carbocycles. The van der Waals surface area contributed by atoms with E-state index in [1.807, 2.05) is 13.8 Å². The lowest BCUT2D eigenvalue weighted by Gasteiger charge is -2.17. The fourth-order valence-corrected chi connectivity index (χ4v) is 1.85. The normalized spacial score (nSPS) is 22.7. The molecule has 16 heavy (non-hydrogen) atoms. The molecule has 92 valence electrons. The summed E-state index contributed by atoms with van der Waals surface area (Å²) in [5, 5.41) is 2.71. The molecule has 0 saturated carbocycles. The van der Waals surface area contributed by atoms with E-state index >= 15 is 0 Å². The molecule has 0 aromatic heterocycles. The molecule has 0 radical (unpaired) electrons. The Balaban J connectivity index is 2.42. The Morgan fingerprint density at radius 2 is 2.25 bits per heavy atom. The molecule has 1 saturated heterocycles. The highest BCUT2D eigenvalue weighted by atomic mass is 16.2. The van der Waals surface area contributed by atoms with E-state index in [9.17, 15) is 9.59 Å². The number of nitrogens with two attached hydrogens (primary N) is 1. The van der Waals surface area contributed by atoms with Crippen molar-refractivity contribution in [2.24, 2.45) is 11.7 Å². The Hall–Kier alpha value is -1.10. The minimum Gasteiger partial charge on any atom is -0.344 e. The van der Waals surface area contributed by atoms with E-state index in [0.717, 1.165) is 0 Å². The number of nitrogens with zero attached hydrogens (tertiary/aromatic N) is 1. The van der Waals surface area contributed by atoms with Crippen molar-refractivity contribution >= 4 is 11.8 Å². The van der Waals surface area contributed by atoms with Crippen LogP contribution < -0.4 is 11.1 Å². The Morgan fingerprint density at radius 3 is 2.69 bits per heavy atom. The van der Waals surface area contributed by atoms with Gasteiger partial charge in [-0.2, -0.15) is 0 Å². The Kier molecular flexibility index (Phi) is 4.29. The van der Waals surface area contributed by atoms with Gasteiger partial charge in [-0.3, -0.25) is 9.59 Å². The fourth-order valence-electron chi connectivity index (χ4n) is 1.85. The first-order chi connectivity index (χ1) is 7.41. The van der Waals surface area contributed by atoms with Gasteiger partial charge in [0, 0.05) is 13.6 Å². The van der Waals surface area contributed by atoms with Gasteiger partial charge in [0.1, 0.15) is 6.04 Å². The smallest absolute Gasteiger partial charge is 0.244 e. The first kappa shape index (κ1) is 13.0. The Morgan fingerprint density at radius 1 is 1.62 bits per heavy atom. The third-order valence-electron chi connectivity index (χ3n) is 2.81. The van der Waals surface area contributed by atoms with Crippen LogP contribution in [-0.2, 0) is 9.59 Å². The first-order valence-electron chi connectivity index (χ1n) is 5.72. The number of carbonyl (C=O) groups is 2. The number of nitrogens with one attached hydrogen (secondary N) is 1. The van der Waals surface area contributed by atoms with E-state index in [1.54, 1.807) is 11.9 Å². The minimum atomic E-state index is -0.515. The first-order valence-corrected chi connectivity index (χ1v) is 5.72. The van der Waals surface area contributed by atoms with Crippen molar-refractivity contribution in [2.75, 3.05) is 13.6 Å². The van der Waals surface area contributed by atoms with Crippen LogP contribution in [0.3, 0.4) is 0 Å². The number of likely N-dealkylation sites (N-methyl/N-ethyl adjacent to an activating group) is 1. The Labute approximate surface area is 96.4 Å². The van der Waals surface area contributed by atoms with Crippen LogP contribution in [0.15, 0.2) is 0 Å². The zero-order chi connectivity index (χ0) is 12.3. The number of hydrogen-bond acceptors (Lipinski definition) is 3. The number of likely N-dealkylation sites (tertiary alicyclic amines) is 1. The molecule has 2 atom stereocenters. The highest BCUT2D eigenvalue weighted by molar-refractivity contribution is 5.90. The summed E-state index contributed by atoms with van der Waals surface area (Å²) >= 11 is 0. The van der Waals surface area contributed by atoms with Crippen LogP contribution in [0.5, 0.6) is 0 Å². The topological polar surface area (TPSA) is 75.4 Å². The molecule has 0 aliphatic carbocycles. The molecule has 1 aliphatic heterocycles. The SMILES string of the molecule is CC(C)C[C@@H](N)C(=O)NC1CCN(C)C1=O. The van der Waals surface area contributed by atoms with Gasteiger partial charge < -0.3 is 16.0 Å². The molecule has 0 bridgehead atoms. The van der Waals surface area contributed by atoms with Crippen LogP contribution in [0.1, 0.15) is 26.7 Å². The second-order valence-corrected chi connectivity index (χ2v) is 4.85. The number of amides is 2. The van der Waals surface area contributed by atoms with Crippen molar-refractivity contribution in [1.82, 2.24) is 10.2 Å². The minimum absolute atomic E-state index is 0.0231. The zero-order valence-electron chi connectivity index (χ0n) is 10.2. The number of hydrogen-bond donors (Lipinski definition) is 2. The Bertz CT molecular complexity index is 278. The van der Waals surface area contributed by atoms with Crippen molar-refractivity contribution in [1.29, 1.82) is 0 Å². The molecule has 1 rings (SSSR count). The van der Waals surface area contributed by atoms with Gasteiger partial charge in [-0.05, 0) is 18.8 Å². The van der Waals surface area contributed by atoms with Crippen LogP contribution >= 0.6 is 0 Å². The highest BCUT2D eigenvalue weighted by Gasteiger charge is 2.31. The van der Waals surface area contributed by atoms with Crippen LogP contribution in [0.4, 0.5) is 0 Å². The molecule has 2 amide bonds. The highest BCUT2D eigenvalue weighted by Crippen LogP contribution is 2.09. The molecule has 0 aromatic rings. The van der Waals surface area contributed by atoms with Gasteiger partial charge in [-0.25, -0.2) is 0 Å². The van der Waals surface area contributed by atoms with Crippen LogP contribution in [-0.4, -0.2) is 42.4 Å². The molecular weight excluding hydrogens is 206 g/mol. The zero-order valence-corrected chi connectivity index (χ0v) is 10.2. The molecule has 5 heteroatoms. The quantitative estimate of drug-likeness (QED) is 0.693. The number of carbonyl (C=O) groups excluding carboxylic acids is 2. The summed E-state index contributed by atoms with van der Waals surface area (Å²) in [7, 11) is 1.74. The molecule has 0 spiro atoms. The molecule has 3 N–H and O–H groups in total. The van der Waals surface area contributed by atoms with Crippen LogP contribution in [0, 0.1) is 5.92 Å². The number of rotatable bonds is 4. The molecule has 1 unspecified atom stereocenters. The maximum Gasteiger partial charge on any atom is 0.244 e. The van der Waals surface area contributed by atoms with Gasteiger partial charge in [0.2, 0.25) is 11.8 Å². The third kappa shape index (κ3) is 3.20.